The Hall–Kier alpha value is -3.86. The van der Waals surface area contributed by atoms with Crippen molar-refractivity contribution in [2.45, 2.75) is 19.1 Å². The van der Waals surface area contributed by atoms with Crippen LogP contribution >= 0.6 is 11.6 Å². The first kappa shape index (κ1) is 19.8. The first-order valence-corrected chi connectivity index (χ1v) is 10.5. The van der Waals surface area contributed by atoms with Crippen molar-refractivity contribution < 1.29 is 13.6 Å². The molecule has 1 aromatic carbocycles. The van der Waals surface area contributed by atoms with Crippen LogP contribution in [0.4, 0.5) is 14.6 Å². The van der Waals surface area contributed by atoms with E-state index in [4.69, 9.17) is 11.6 Å². The number of fused-ring (bicyclic) bond motifs is 2. The van der Waals surface area contributed by atoms with Crippen molar-refractivity contribution in [3.8, 4) is 11.1 Å². The van der Waals surface area contributed by atoms with Gasteiger partial charge in [-0.25, -0.2) is 18.4 Å². The molecule has 0 spiro atoms. The fraction of sp³-hybridized carbons (Fsp3) is 0.190. The summed E-state index contributed by atoms with van der Waals surface area (Å²) < 4.78 is 31.7. The number of rotatable bonds is 5. The number of hydrogen-bond donors (Lipinski definition) is 2. The number of halogens is 3. The molecule has 1 amide bonds. The zero-order chi connectivity index (χ0) is 22.7. The summed E-state index contributed by atoms with van der Waals surface area (Å²) >= 11 is 6.51. The molecule has 1 aliphatic rings. The number of H-pyrrole nitrogens is 1. The lowest BCUT2D eigenvalue weighted by atomic mass is 9.99. The predicted octanol–water partition coefficient (Wildman–Crippen LogP) is 3.61. The first-order valence-electron chi connectivity index (χ1n) is 10.1. The second-order valence-corrected chi connectivity index (χ2v) is 8.28. The van der Waals surface area contributed by atoms with E-state index in [0.29, 0.717) is 39.1 Å². The lowest BCUT2D eigenvalue weighted by Gasteiger charge is -2.13. The molecule has 0 radical (unpaired) electrons. The Balaban J connectivity index is 1.41. The van der Waals surface area contributed by atoms with Crippen LogP contribution in [0, 0.1) is 11.7 Å². The van der Waals surface area contributed by atoms with E-state index < -0.39 is 17.9 Å². The van der Waals surface area contributed by atoms with Gasteiger partial charge in [0.05, 0.1) is 41.6 Å². The highest BCUT2D eigenvalue weighted by atomic mass is 35.5. The van der Waals surface area contributed by atoms with Crippen molar-refractivity contribution in [3.05, 3.63) is 59.5 Å². The number of anilines is 1. The molecule has 0 bridgehead atoms. The molecule has 1 saturated carbocycles. The number of alkyl halides is 1. The zero-order valence-corrected chi connectivity index (χ0v) is 17.6. The third-order valence-electron chi connectivity index (χ3n) is 5.72. The van der Waals surface area contributed by atoms with Crippen LogP contribution in [-0.4, -0.2) is 46.7 Å². The summed E-state index contributed by atoms with van der Waals surface area (Å²) in [5.41, 5.74) is 2.49. The van der Waals surface area contributed by atoms with Crippen LogP contribution in [0.25, 0.3) is 27.7 Å². The van der Waals surface area contributed by atoms with Crippen LogP contribution in [0.15, 0.2) is 43.1 Å². The summed E-state index contributed by atoms with van der Waals surface area (Å²) in [6, 6.07) is 3.49. The SMILES string of the molecule is O=C(Nc1cn2cc(-c3c(Cl)c(F)c(Cn4ccnn4)c4[nH]ncc34)ccc2n1)[C@@H]1C[C@@H]1F. The maximum atomic E-state index is 15.4. The Bertz CT molecular complexity index is 1530. The molecule has 9 nitrogen and oxygen atoms in total. The van der Waals surface area contributed by atoms with E-state index in [1.807, 2.05) is 0 Å². The summed E-state index contributed by atoms with van der Waals surface area (Å²) in [6.45, 7) is 0.134. The van der Waals surface area contributed by atoms with Crippen LogP contribution in [0.2, 0.25) is 5.02 Å². The normalized spacial score (nSPS) is 17.7. The molecule has 12 heteroatoms. The Morgan fingerprint density at radius 1 is 1.33 bits per heavy atom. The summed E-state index contributed by atoms with van der Waals surface area (Å²) in [4.78, 5) is 16.4. The third-order valence-corrected chi connectivity index (χ3v) is 6.07. The Labute approximate surface area is 189 Å². The Kier molecular flexibility index (Phi) is 4.40. The number of benzene rings is 1. The molecule has 0 unspecified atom stereocenters. The van der Waals surface area contributed by atoms with Gasteiger partial charge in [0.15, 0.2) is 5.82 Å². The van der Waals surface area contributed by atoms with Gasteiger partial charge in [0.25, 0.3) is 0 Å². The predicted molar refractivity (Wildman–Crippen MR) is 116 cm³/mol. The lowest BCUT2D eigenvalue weighted by molar-refractivity contribution is -0.117. The summed E-state index contributed by atoms with van der Waals surface area (Å²) in [7, 11) is 0. The second kappa shape index (κ2) is 7.34. The number of pyridine rings is 1. The fourth-order valence-corrected chi connectivity index (χ4v) is 4.26. The number of aromatic nitrogens is 7. The molecule has 1 aliphatic carbocycles. The standard InChI is InChI=1S/C21H15ClF2N8O/c22-18-17(12-6-26-29-20(12)13(19(18)24)8-32-4-3-25-30-32)10-1-2-16-27-15(9-31(16)7-10)28-21(33)11-5-14(11)23/h1-4,6-7,9,11,14H,5,8H2,(H,26,29)(H,28,33)/t11-,14+/m1/s1. The first-order chi connectivity index (χ1) is 16.0. The van der Waals surface area contributed by atoms with Crippen molar-refractivity contribution >= 4 is 39.9 Å². The Morgan fingerprint density at radius 2 is 2.18 bits per heavy atom. The lowest BCUT2D eigenvalue weighted by Crippen LogP contribution is -2.15. The van der Waals surface area contributed by atoms with Gasteiger partial charge in [-0.2, -0.15) is 5.10 Å². The molecule has 6 rings (SSSR count). The number of nitrogens with one attached hydrogen (secondary N) is 2. The quantitative estimate of drug-likeness (QED) is 0.410. The number of hydrogen-bond acceptors (Lipinski definition) is 5. The third kappa shape index (κ3) is 3.32. The summed E-state index contributed by atoms with van der Waals surface area (Å²) in [5.74, 6) is -1.27. The maximum absolute atomic E-state index is 15.4. The van der Waals surface area contributed by atoms with E-state index in [1.165, 1.54) is 10.9 Å². The monoisotopic (exact) mass is 468 g/mol. The highest BCUT2D eigenvalue weighted by Crippen LogP contribution is 2.39. The van der Waals surface area contributed by atoms with Gasteiger partial charge in [-0.15, -0.1) is 5.10 Å². The average molecular weight is 469 g/mol. The van der Waals surface area contributed by atoms with Crippen molar-refractivity contribution in [1.29, 1.82) is 0 Å². The van der Waals surface area contributed by atoms with Crippen LogP contribution in [0.5, 0.6) is 0 Å². The minimum atomic E-state index is -1.09. The molecule has 2 N–H and O–H groups in total. The molecule has 0 saturated heterocycles. The van der Waals surface area contributed by atoms with Crippen LogP contribution < -0.4 is 5.32 Å². The molecule has 2 atom stereocenters. The molecule has 0 aliphatic heterocycles. The smallest absolute Gasteiger partial charge is 0.231 e. The van der Waals surface area contributed by atoms with E-state index in [1.54, 1.807) is 41.3 Å². The number of nitrogens with zero attached hydrogens (tertiary/aromatic N) is 6. The molecular formula is C21H15ClF2N8O. The number of imidazole rings is 1. The van der Waals surface area contributed by atoms with Gasteiger partial charge in [-0.1, -0.05) is 16.8 Å². The molecule has 33 heavy (non-hydrogen) atoms. The van der Waals surface area contributed by atoms with Crippen molar-refractivity contribution in [3.63, 3.8) is 0 Å². The number of aromatic amines is 1. The highest BCUT2D eigenvalue weighted by Gasteiger charge is 2.43. The highest BCUT2D eigenvalue weighted by molar-refractivity contribution is 6.35. The van der Waals surface area contributed by atoms with Gasteiger partial charge < -0.3 is 9.72 Å². The van der Waals surface area contributed by atoms with Gasteiger partial charge in [0.1, 0.15) is 17.6 Å². The minimum absolute atomic E-state index is 0.0465. The van der Waals surface area contributed by atoms with Gasteiger partial charge in [-0.05, 0) is 18.6 Å². The van der Waals surface area contributed by atoms with Crippen LogP contribution in [0.3, 0.4) is 0 Å². The molecule has 5 aromatic rings. The fourth-order valence-electron chi connectivity index (χ4n) is 3.94. The molecule has 1 fully saturated rings. The molecule has 4 heterocycles. The maximum Gasteiger partial charge on any atom is 0.231 e. The topological polar surface area (TPSA) is 106 Å². The number of carbonyl (C=O) groups excluding carboxylic acids is 1. The van der Waals surface area contributed by atoms with Gasteiger partial charge in [0.2, 0.25) is 5.91 Å². The van der Waals surface area contributed by atoms with Crippen molar-refractivity contribution in [2.24, 2.45) is 5.92 Å². The average Bonchev–Trinajstić information content (AvgIpc) is 3.22. The van der Waals surface area contributed by atoms with E-state index in [-0.39, 0.29) is 23.9 Å². The number of amides is 1. The zero-order valence-electron chi connectivity index (χ0n) is 16.8. The van der Waals surface area contributed by atoms with Crippen LogP contribution in [0.1, 0.15) is 12.0 Å². The minimum Gasteiger partial charge on any atom is -0.309 e. The van der Waals surface area contributed by atoms with E-state index >= 15 is 4.39 Å². The van der Waals surface area contributed by atoms with Crippen molar-refractivity contribution in [1.82, 2.24) is 34.6 Å². The Morgan fingerprint density at radius 3 is 2.94 bits per heavy atom. The van der Waals surface area contributed by atoms with Gasteiger partial charge in [0, 0.05) is 34.5 Å². The molecule has 166 valence electrons. The van der Waals surface area contributed by atoms with Gasteiger partial charge in [-0.3, -0.25) is 9.89 Å². The van der Waals surface area contributed by atoms with Gasteiger partial charge >= 0.3 is 0 Å². The second-order valence-electron chi connectivity index (χ2n) is 7.90. The summed E-state index contributed by atoms with van der Waals surface area (Å²) in [6.07, 6.45) is 7.23. The largest absolute Gasteiger partial charge is 0.309 e. The van der Waals surface area contributed by atoms with Crippen molar-refractivity contribution in [2.75, 3.05) is 5.32 Å². The molecule has 4 aromatic heterocycles. The van der Waals surface area contributed by atoms with Crippen LogP contribution in [-0.2, 0) is 11.3 Å². The summed E-state index contributed by atoms with van der Waals surface area (Å²) in [5, 5.41) is 17.8. The molecular weight excluding hydrogens is 454 g/mol. The van der Waals surface area contributed by atoms with E-state index in [2.05, 4.69) is 30.8 Å². The van der Waals surface area contributed by atoms with E-state index in [9.17, 15) is 9.18 Å². The van der Waals surface area contributed by atoms with E-state index in [0.717, 1.165) is 0 Å². The number of carbonyl (C=O) groups is 1.